The average Bonchev–Trinajstić information content (AvgIpc) is 2.58. The molecule has 0 aliphatic heterocycles. The molecule has 0 N–H and O–H groups in total. The van der Waals surface area contributed by atoms with Crippen molar-refractivity contribution in [2.75, 3.05) is 0 Å². The van der Waals surface area contributed by atoms with E-state index in [0.717, 1.165) is 17.7 Å². The number of nitro groups is 1. The van der Waals surface area contributed by atoms with Crippen molar-refractivity contribution in [2.24, 2.45) is 12.5 Å². The van der Waals surface area contributed by atoms with Crippen LogP contribution in [-0.2, 0) is 7.05 Å². The van der Waals surface area contributed by atoms with Crippen LogP contribution in [0.4, 0.5) is 5.82 Å². The maximum Gasteiger partial charge on any atom is 0.323 e. The van der Waals surface area contributed by atoms with Crippen molar-refractivity contribution in [1.29, 1.82) is 0 Å². The molecular weight excluding hydrogens is 216 g/mol. The van der Waals surface area contributed by atoms with Gasteiger partial charge < -0.3 is 10.1 Å². The summed E-state index contributed by atoms with van der Waals surface area (Å²) in [6.07, 6.45) is 7.28. The smallest absolute Gasteiger partial charge is 0.323 e. The summed E-state index contributed by atoms with van der Waals surface area (Å²) in [6, 6.07) is 3.38. The molecule has 1 aromatic rings. The first-order chi connectivity index (χ1) is 7.91. The highest BCUT2D eigenvalue weighted by Crippen LogP contribution is 2.33. The Morgan fingerprint density at radius 2 is 2.12 bits per heavy atom. The summed E-state index contributed by atoms with van der Waals surface area (Å²) < 4.78 is 1.64. The molecule has 0 unspecified atom stereocenters. The number of hydrogen-bond donors (Lipinski definition) is 0. The third kappa shape index (κ3) is 2.16. The van der Waals surface area contributed by atoms with Gasteiger partial charge in [0, 0.05) is 11.5 Å². The Bertz CT molecular complexity index is 522. The van der Waals surface area contributed by atoms with Crippen LogP contribution in [0.5, 0.6) is 0 Å². The monoisotopic (exact) mass is 232 g/mol. The third-order valence-electron chi connectivity index (χ3n) is 3.04. The third-order valence-corrected chi connectivity index (χ3v) is 3.04. The van der Waals surface area contributed by atoms with Crippen molar-refractivity contribution >= 4 is 11.4 Å². The van der Waals surface area contributed by atoms with Gasteiger partial charge in [-0.25, -0.2) is 4.57 Å². The van der Waals surface area contributed by atoms with Gasteiger partial charge in [-0.05, 0) is 23.0 Å². The average molecular weight is 232 g/mol. The molecule has 0 atom stereocenters. The zero-order chi connectivity index (χ0) is 12.6. The van der Waals surface area contributed by atoms with E-state index >= 15 is 0 Å². The lowest BCUT2D eigenvalue weighted by molar-refractivity contribution is -0.391. The number of allylic oxidation sites excluding steroid dienone is 4. The summed E-state index contributed by atoms with van der Waals surface area (Å²) in [4.78, 5) is 10.4. The summed E-state index contributed by atoms with van der Waals surface area (Å²) >= 11 is 0. The Labute approximate surface area is 100 Å². The van der Waals surface area contributed by atoms with Gasteiger partial charge in [-0.2, -0.15) is 0 Å². The normalized spacial score (nSPS) is 17.9. The van der Waals surface area contributed by atoms with E-state index in [-0.39, 0.29) is 16.2 Å². The van der Waals surface area contributed by atoms with Crippen LogP contribution >= 0.6 is 0 Å². The molecule has 1 aliphatic rings. The highest BCUT2D eigenvalue weighted by Gasteiger charge is 2.22. The first-order valence-electron chi connectivity index (χ1n) is 5.61. The Morgan fingerprint density at radius 3 is 2.65 bits per heavy atom. The molecule has 0 radical (unpaired) electrons. The first kappa shape index (κ1) is 11.6. The van der Waals surface area contributed by atoms with Crippen molar-refractivity contribution < 1.29 is 4.92 Å². The summed E-state index contributed by atoms with van der Waals surface area (Å²) in [5, 5.41) is 10.8. The molecule has 1 aromatic heterocycles. The first-order valence-corrected chi connectivity index (χ1v) is 5.61. The van der Waals surface area contributed by atoms with Crippen molar-refractivity contribution in [3.63, 3.8) is 0 Å². The fraction of sp³-hybridized carbons (Fsp3) is 0.385. The maximum atomic E-state index is 10.8. The summed E-state index contributed by atoms with van der Waals surface area (Å²) in [6.45, 7) is 4.25. The molecule has 0 bridgehead atoms. The molecule has 17 heavy (non-hydrogen) atoms. The van der Waals surface area contributed by atoms with E-state index in [9.17, 15) is 10.1 Å². The lowest BCUT2D eigenvalue weighted by atomic mass is 9.84. The van der Waals surface area contributed by atoms with Crippen LogP contribution in [0.1, 0.15) is 26.0 Å². The van der Waals surface area contributed by atoms with Gasteiger partial charge in [0.05, 0.1) is 7.05 Å². The predicted molar refractivity (Wildman–Crippen MR) is 67.6 cm³/mol. The molecule has 0 fully saturated rings. The van der Waals surface area contributed by atoms with Crippen LogP contribution in [0.25, 0.3) is 5.57 Å². The van der Waals surface area contributed by atoms with Gasteiger partial charge in [0.1, 0.15) is 5.69 Å². The van der Waals surface area contributed by atoms with E-state index in [4.69, 9.17) is 0 Å². The van der Waals surface area contributed by atoms with Gasteiger partial charge in [-0.15, -0.1) is 0 Å². The zero-order valence-corrected chi connectivity index (χ0v) is 10.3. The quantitative estimate of drug-likeness (QED) is 0.446. The highest BCUT2D eigenvalue weighted by molar-refractivity contribution is 5.68. The molecule has 2 rings (SSSR count). The van der Waals surface area contributed by atoms with Crippen molar-refractivity contribution in [3.8, 4) is 0 Å². The van der Waals surface area contributed by atoms with Gasteiger partial charge in [0.25, 0.3) is 0 Å². The summed E-state index contributed by atoms with van der Waals surface area (Å²) in [5.74, 6) is 0.133. The molecule has 0 aromatic carbocycles. The lowest BCUT2D eigenvalue weighted by Crippen LogP contribution is -2.09. The van der Waals surface area contributed by atoms with Crippen molar-refractivity contribution in [2.45, 2.75) is 20.3 Å². The number of aromatic nitrogens is 1. The number of nitrogens with zero attached hydrogens (tertiary/aromatic N) is 2. The Morgan fingerprint density at radius 1 is 1.41 bits per heavy atom. The van der Waals surface area contributed by atoms with E-state index in [1.165, 1.54) is 0 Å². The second kappa shape index (κ2) is 3.87. The standard InChI is InChI=1S/C13H16N2O2/c1-13(2)8-4-5-10(9-13)11-6-7-12(14(11)3)15(16)17/h4,6-9H,5H2,1-3H3. The topological polar surface area (TPSA) is 48.1 Å². The van der Waals surface area contributed by atoms with Crippen molar-refractivity contribution in [3.05, 3.63) is 46.2 Å². The Balaban J connectivity index is 2.43. The lowest BCUT2D eigenvalue weighted by Gasteiger charge is -2.21. The van der Waals surface area contributed by atoms with Gasteiger partial charge in [0.2, 0.25) is 0 Å². The summed E-state index contributed by atoms with van der Waals surface area (Å²) in [5.41, 5.74) is 2.09. The fourth-order valence-corrected chi connectivity index (χ4v) is 2.23. The SMILES string of the molecule is Cn1c(C2=CC(C)(C)C=CC2)ccc1[N+](=O)[O-]. The van der Waals surface area contributed by atoms with E-state index in [0.29, 0.717) is 0 Å². The number of rotatable bonds is 2. The van der Waals surface area contributed by atoms with Crippen LogP contribution in [0.15, 0.2) is 30.4 Å². The molecular formula is C13H16N2O2. The van der Waals surface area contributed by atoms with E-state index < -0.39 is 0 Å². The van der Waals surface area contributed by atoms with Gasteiger partial charge >= 0.3 is 5.82 Å². The predicted octanol–water partition coefficient (Wildman–Crippen LogP) is 3.30. The minimum atomic E-state index is -0.353. The molecule has 4 heteroatoms. The minimum absolute atomic E-state index is 0.0205. The van der Waals surface area contributed by atoms with E-state index in [2.05, 4.69) is 32.1 Å². The molecule has 0 spiro atoms. The number of hydrogen-bond acceptors (Lipinski definition) is 2. The fourth-order valence-electron chi connectivity index (χ4n) is 2.23. The second-order valence-corrected chi connectivity index (χ2v) is 4.99. The molecule has 1 heterocycles. The van der Waals surface area contributed by atoms with Crippen LogP contribution < -0.4 is 0 Å². The van der Waals surface area contributed by atoms with Crippen molar-refractivity contribution in [1.82, 2.24) is 4.57 Å². The van der Waals surface area contributed by atoms with E-state index in [1.54, 1.807) is 17.7 Å². The highest BCUT2D eigenvalue weighted by atomic mass is 16.6. The van der Waals surface area contributed by atoms with Gasteiger partial charge in [0.15, 0.2) is 0 Å². The molecule has 4 nitrogen and oxygen atoms in total. The molecule has 90 valence electrons. The van der Waals surface area contributed by atoms with Crippen LogP contribution in [0.3, 0.4) is 0 Å². The largest absolute Gasteiger partial charge is 0.358 e. The molecule has 0 saturated carbocycles. The van der Waals surface area contributed by atoms with Crippen LogP contribution in [0, 0.1) is 15.5 Å². The zero-order valence-electron chi connectivity index (χ0n) is 10.3. The minimum Gasteiger partial charge on any atom is -0.358 e. The maximum absolute atomic E-state index is 10.8. The second-order valence-electron chi connectivity index (χ2n) is 4.99. The molecule has 0 saturated heterocycles. The van der Waals surface area contributed by atoms with E-state index in [1.807, 2.05) is 6.07 Å². The van der Waals surface area contributed by atoms with Crippen LogP contribution in [-0.4, -0.2) is 9.49 Å². The molecule has 1 aliphatic carbocycles. The summed E-state index contributed by atoms with van der Waals surface area (Å²) in [7, 11) is 1.74. The van der Waals surface area contributed by atoms with Crippen LogP contribution in [0.2, 0.25) is 0 Å². The Hall–Kier alpha value is -1.84. The Kier molecular flexibility index (Phi) is 2.65. The molecule has 0 amide bonds. The van der Waals surface area contributed by atoms with Gasteiger partial charge in [-0.3, -0.25) is 0 Å². The van der Waals surface area contributed by atoms with Gasteiger partial charge in [-0.1, -0.05) is 32.1 Å².